The molecule has 52 valence electrons. The molecule has 1 heterocycles. The molecule has 3 heteroatoms. The number of aromatic nitrogens is 2. The van der Waals surface area contributed by atoms with Gasteiger partial charge in [-0.15, -0.1) is 0 Å². The number of nitrogens with zero attached hydrogens (tertiary/aromatic N) is 3. The highest BCUT2D eigenvalue weighted by molar-refractivity contribution is 4.75. The summed E-state index contributed by atoms with van der Waals surface area (Å²) in [6, 6.07) is 2.10. The van der Waals surface area contributed by atoms with Gasteiger partial charge in [0, 0.05) is 25.4 Å². The average molecular weight is 135 g/mol. The van der Waals surface area contributed by atoms with Crippen LogP contribution in [0.3, 0.4) is 0 Å². The second kappa shape index (κ2) is 3.67. The summed E-state index contributed by atoms with van der Waals surface area (Å²) < 4.78 is 1.97. The Bertz CT molecular complexity index is 207. The summed E-state index contributed by atoms with van der Waals surface area (Å²) in [4.78, 5) is 3.88. The van der Waals surface area contributed by atoms with E-state index in [1.54, 1.807) is 12.5 Å². The molecule has 0 radical (unpaired) electrons. The molecular formula is C7H9N3. The molecule has 0 N–H and O–H groups in total. The van der Waals surface area contributed by atoms with Gasteiger partial charge >= 0.3 is 0 Å². The zero-order valence-corrected chi connectivity index (χ0v) is 5.70. The van der Waals surface area contributed by atoms with Gasteiger partial charge < -0.3 is 4.57 Å². The summed E-state index contributed by atoms with van der Waals surface area (Å²) in [5, 5.41) is 8.22. The van der Waals surface area contributed by atoms with Crippen molar-refractivity contribution in [3.05, 3.63) is 18.7 Å². The Hall–Kier alpha value is -1.30. The maximum atomic E-state index is 8.22. The first-order valence-electron chi connectivity index (χ1n) is 3.26. The van der Waals surface area contributed by atoms with Gasteiger partial charge in [0.2, 0.25) is 0 Å². The molecule has 0 saturated heterocycles. The van der Waals surface area contributed by atoms with Crippen LogP contribution in [0.4, 0.5) is 0 Å². The van der Waals surface area contributed by atoms with Gasteiger partial charge in [-0.3, -0.25) is 0 Å². The van der Waals surface area contributed by atoms with E-state index >= 15 is 0 Å². The molecule has 0 fully saturated rings. The second-order valence-electron chi connectivity index (χ2n) is 2.06. The molecule has 0 saturated carbocycles. The van der Waals surface area contributed by atoms with Crippen LogP contribution in [0, 0.1) is 11.3 Å². The van der Waals surface area contributed by atoms with Crippen LogP contribution in [-0.2, 0) is 6.54 Å². The van der Waals surface area contributed by atoms with E-state index in [9.17, 15) is 0 Å². The Balaban J connectivity index is 2.23. The lowest BCUT2D eigenvalue weighted by Crippen LogP contribution is -1.92. The third kappa shape index (κ3) is 1.90. The minimum Gasteiger partial charge on any atom is -0.337 e. The van der Waals surface area contributed by atoms with E-state index in [2.05, 4.69) is 11.1 Å². The molecule has 0 unspecified atom stereocenters. The van der Waals surface area contributed by atoms with Crippen molar-refractivity contribution >= 4 is 0 Å². The first-order valence-corrected chi connectivity index (χ1v) is 3.26. The standard InChI is InChI=1S/C7H9N3/c8-3-1-2-5-10-6-4-9-7-10/h4,6-7H,1-2,5H2. The van der Waals surface area contributed by atoms with E-state index in [1.165, 1.54) is 0 Å². The lowest BCUT2D eigenvalue weighted by Gasteiger charge is -1.95. The van der Waals surface area contributed by atoms with Gasteiger partial charge in [-0.1, -0.05) is 0 Å². The molecule has 0 amide bonds. The highest BCUT2D eigenvalue weighted by atomic mass is 15.0. The van der Waals surface area contributed by atoms with Gasteiger partial charge in [-0.25, -0.2) is 4.98 Å². The number of aryl methyl sites for hydroxylation is 1. The van der Waals surface area contributed by atoms with E-state index in [1.807, 2.05) is 10.8 Å². The highest BCUT2D eigenvalue weighted by Crippen LogP contribution is 1.92. The van der Waals surface area contributed by atoms with Crippen molar-refractivity contribution in [2.75, 3.05) is 0 Å². The average Bonchev–Trinajstić information content (AvgIpc) is 2.41. The molecule has 0 bridgehead atoms. The Morgan fingerprint density at radius 1 is 1.60 bits per heavy atom. The zero-order valence-electron chi connectivity index (χ0n) is 5.70. The number of hydrogen-bond donors (Lipinski definition) is 0. The summed E-state index contributed by atoms with van der Waals surface area (Å²) in [6.45, 7) is 0.896. The van der Waals surface area contributed by atoms with Crippen LogP contribution in [0.15, 0.2) is 18.7 Å². The Kier molecular flexibility index (Phi) is 2.50. The molecule has 0 aliphatic rings. The summed E-state index contributed by atoms with van der Waals surface area (Å²) in [5.41, 5.74) is 0. The Morgan fingerprint density at radius 2 is 2.50 bits per heavy atom. The number of nitriles is 1. The maximum Gasteiger partial charge on any atom is 0.0945 e. The zero-order chi connectivity index (χ0) is 7.23. The molecule has 1 aromatic heterocycles. The summed E-state index contributed by atoms with van der Waals surface area (Å²) >= 11 is 0. The minimum atomic E-state index is 0.623. The number of hydrogen-bond acceptors (Lipinski definition) is 2. The Morgan fingerprint density at radius 3 is 3.10 bits per heavy atom. The molecule has 1 rings (SSSR count). The molecule has 0 atom stereocenters. The fourth-order valence-electron chi connectivity index (χ4n) is 0.760. The monoisotopic (exact) mass is 135 g/mol. The van der Waals surface area contributed by atoms with Gasteiger partial charge in [0.25, 0.3) is 0 Å². The molecule has 10 heavy (non-hydrogen) atoms. The van der Waals surface area contributed by atoms with Crippen molar-refractivity contribution in [1.29, 1.82) is 5.26 Å². The fraction of sp³-hybridized carbons (Fsp3) is 0.429. The van der Waals surface area contributed by atoms with Gasteiger partial charge in [0.15, 0.2) is 0 Å². The van der Waals surface area contributed by atoms with E-state index in [0.717, 1.165) is 13.0 Å². The van der Waals surface area contributed by atoms with Crippen molar-refractivity contribution in [1.82, 2.24) is 9.55 Å². The van der Waals surface area contributed by atoms with Crippen LogP contribution in [0.1, 0.15) is 12.8 Å². The normalized spacial score (nSPS) is 9.10. The molecule has 0 aliphatic heterocycles. The molecule has 0 spiro atoms. The summed E-state index contributed by atoms with van der Waals surface area (Å²) in [7, 11) is 0. The van der Waals surface area contributed by atoms with Gasteiger partial charge in [-0.2, -0.15) is 5.26 Å². The van der Waals surface area contributed by atoms with Crippen molar-refractivity contribution < 1.29 is 0 Å². The fourth-order valence-corrected chi connectivity index (χ4v) is 0.760. The third-order valence-electron chi connectivity index (χ3n) is 1.26. The molecule has 0 aromatic carbocycles. The van der Waals surface area contributed by atoms with E-state index in [0.29, 0.717) is 6.42 Å². The lowest BCUT2D eigenvalue weighted by atomic mass is 10.3. The second-order valence-corrected chi connectivity index (χ2v) is 2.06. The third-order valence-corrected chi connectivity index (χ3v) is 1.26. The van der Waals surface area contributed by atoms with E-state index in [-0.39, 0.29) is 0 Å². The van der Waals surface area contributed by atoms with Gasteiger partial charge in [0.05, 0.1) is 12.4 Å². The van der Waals surface area contributed by atoms with Crippen LogP contribution in [0.25, 0.3) is 0 Å². The maximum absolute atomic E-state index is 8.22. The van der Waals surface area contributed by atoms with E-state index in [4.69, 9.17) is 5.26 Å². The quantitative estimate of drug-likeness (QED) is 0.584. The van der Waals surface area contributed by atoms with Crippen molar-refractivity contribution in [2.45, 2.75) is 19.4 Å². The van der Waals surface area contributed by atoms with Crippen LogP contribution in [-0.4, -0.2) is 9.55 Å². The van der Waals surface area contributed by atoms with Crippen molar-refractivity contribution in [3.63, 3.8) is 0 Å². The Labute approximate surface area is 59.9 Å². The van der Waals surface area contributed by atoms with E-state index < -0.39 is 0 Å². The largest absolute Gasteiger partial charge is 0.337 e. The first kappa shape index (κ1) is 6.81. The van der Waals surface area contributed by atoms with Gasteiger partial charge in [-0.05, 0) is 6.42 Å². The van der Waals surface area contributed by atoms with Crippen LogP contribution in [0.5, 0.6) is 0 Å². The number of rotatable bonds is 3. The topological polar surface area (TPSA) is 41.6 Å². The summed E-state index contributed by atoms with van der Waals surface area (Å²) in [5.74, 6) is 0. The smallest absolute Gasteiger partial charge is 0.0945 e. The molecule has 3 nitrogen and oxygen atoms in total. The molecule has 1 aromatic rings. The SMILES string of the molecule is N#CCCCn1ccnc1. The lowest BCUT2D eigenvalue weighted by molar-refractivity contribution is 0.653. The van der Waals surface area contributed by atoms with Crippen LogP contribution in [0.2, 0.25) is 0 Å². The van der Waals surface area contributed by atoms with Crippen molar-refractivity contribution in [3.8, 4) is 6.07 Å². The predicted octanol–water partition coefficient (Wildman–Crippen LogP) is 1.19. The number of imidazole rings is 1. The molecule has 0 aliphatic carbocycles. The minimum absolute atomic E-state index is 0.623. The first-order chi connectivity index (χ1) is 4.93. The van der Waals surface area contributed by atoms with Crippen LogP contribution >= 0.6 is 0 Å². The summed E-state index contributed by atoms with van der Waals surface area (Å²) in [6.07, 6.45) is 6.94. The number of unbranched alkanes of at least 4 members (excludes halogenated alkanes) is 1. The highest BCUT2D eigenvalue weighted by Gasteiger charge is 1.87. The van der Waals surface area contributed by atoms with Gasteiger partial charge in [0.1, 0.15) is 0 Å². The van der Waals surface area contributed by atoms with Crippen LogP contribution < -0.4 is 0 Å². The van der Waals surface area contributed by atoms with Crippen molar-refractivity contribution in [2.24, 2.45) is 0 Å². The molecular weight excluding hydrogens is 126 g/mol. The predicted molar refractivity (Wildman–Crippen MR) is 37.1 cm³/mol.